The van der Waals surface area contributed by atoms with E-state index in [9.17, 15) is 4.79 Å². The van der Waals surface area contributed by atoms with Gasteiger partial charge in [0.05, 0.1) is 5.92 Å². The zero-order chi connectivity index (χ0) is 11.0. The van der Waals surface area contributed by atoms with Crippen LogP contribution in [0.1, 0.15) is 34.9 Å². The Bertz CT molecular complexity index is 396. The summed E-state index contributed by atoms with van der Waals surface area (Å²) >= 11 is 0. The molecule has 4 heteroatoms. The fourth-order valence-electron chi connectivity index (χ4n) is 2.51. The lowest BCUT2D eigenvalue weighted by atomic mass is 9.95. The van der Waals surface area contributed by atoms with Gasteiger partial charge in [0, 0.05) is 17.9 Å². The molecule has 0 bridgehead atoms. The Balaban J connectivity index is 2.46. The van der Waals surface area contributed by atoms with Gasteiger partial charge in [-0.25, -0.2) is 0 Å². The van der Waals surface area contributed by atoms with Gasteiger partial charge in [-0.2, -0.15) is 0 Å². The predicted octanol–water partition coefficient (Wildman–Crippen LogP) is 0.939. The molecule has 1 aromatic heterocycles. The van der Waals surface area contributed by atoms with Gasteiger partial charge >= 0.3 is 5.97 Å². The highest BCUT2D eigenvalue weighted by atomic mass is 16.4. The van der Waals surface area contributed by atoms with Crippen molar-refractivity contribution in [2.75, 3.05) is 6.54 Å². The topological polar surface area (TPSA) is 79.1 Å². The summed E-state index contributed by atoms with van der Waals surface area (Å²) in [6.45, 7) is 2.10. The second-order valence-corrected chi connectivity index (χ2v) is 4.10. The zero-order valence-corrected chi connectivity index (χ0v) is 8.84. The van der Waals surface area contributed by atoms with Crippen LogP contribution in [0.2, 0.25) is 0 Å². The maximum absolute atomic E-state index is 11.1. The van der Waals surface area contributed by atoms with E-state index in [0.29, 0.717) is 0 Å². The molecule has 0 amide bonds. The highest BCUT2D eigenvalue weighted by Crippen LogP contribution is 2.32. The SMILES string of the molecule is Cc1[nH]c2c(c1C(CN)C(=O)O)CCC2. The molecule has 1 atom stereocenters. The summed E-state index contributed by atoms with van der Waals surface area (Å²) in [5, 5.41) is 9.11. The molecular weight excluding hydrogens is 192 g/mol. The van der Waals surface area contributed by atoms with Gasteiger partial charge < -0.3 is 15.8 Å². The third kappa shape index (κ3) is 1.55. The summed E-state index contributed by atoms with van der Waals surface area (Å²) in [6.07, 6.45) is 3.14. The van der Waals surface area contributed by atoms with E-state index in [-0.39, 0.29) is 6.54 Å². The zero-order valence-electron chi connectivity index (χ0n) is 8.84. The number of aromatic nitrogens is 1. The van der Waals surface area contributed by atoms with Gasteiger partial charge in [-0.1, -0.05) is 0 Å². The van der Waals surface area contributed by atoms with Crippen LogP contribution in [0.5, 0.6) is 0 Å². The van der Waals surface area contributed by atoms with Crippen molar-refractivity contribution in [3.8, 4) is 0 Å². The third-order valence-corrected chi connectivity index (χ3v) is 3.17. The molecule has 1 unspecified atom stereocenters. The number of hydrogen-bond acceptors (Lipinski definition) is 2. The molecule has 0 fully saturated rings. The molecule has 2 rings (SSSR count). The normalized spacial score (nSPS) is 16.4. The summed E-state index contributed by atoms with van der Waals surface area (Å²) in [4.78, 5) is 14.4. The van der Waals surface area contributed by atoms with Gasteiger partial charge in [-0.15, -0.1) is 0 Å². The van der Waals surface area contributed by atoms with Crippen LogP contribution in [0.4, 0.5) is 0 Å². The number of nitrogens with two attached hydrogens (primary N) is 1. The fourth-order valence-corrected chi connectivity index (χ4v) is 2.51. The summed E-state index contributed by atoms with van der Waals surface area (Å²) in [7, 11) is 0. The third-order valence-electron chi connectivity index (χ3n) is 3.17. The van der Waals surface area contributed by atoms with Crippen LogP contribution < -0.4 is 5.73 Å². The molecule has 15 heavy (non-hydrogen) atoms. The van der Waals surface area contributed by atoms with E-state index in [1.807, 2.05) is 6.92 Å². The van der Waals surface area contributed by atoms with Crippen LogP contribution in [0, 0.1) is 6.92 Å². The highest BCUT2D eigenvalue weighted by Gasteiger charge is 2.28. The smallest absolute Gasteiger partial charge is 0.312 e. The number of carboxylic acid groups (broad SMARTS) is 1. The van der Waals surface area contributed by atoms with Gasteiger partial charge in [-0.3, -0.25) is 4.79 Å². The Kier molecular flexibility index (Phi) is 2.52. The Morgan fingerprint density at radius 3 is 2.93 bits per heavy atom. The minimum atomic E-state index is -0.825. The molecule has 0 aliphatic heterocycles. The largest absolute Gasteiger partial charge is 0.481 e. The first-order valence-corrected chi connectivity index (χ1v) is 5.28. The van der Waals surface area contributed by atoms with E-state index in [1.54, 1.807) is 0 Å². The average molecular weight is 208 g/mol. The summed E-state index contributed by atoms with van der Waals surface area (Å²) in [6, 6.07) is 0. The number of H-pyrrole nitrogens is 1. The summed E-state index contributed by atoms with van der Waals surface area (Å²) in [5.74, 6) is -1.38. The Morgan fingerprint density at radius 2 is 2.33 bits per heavy atom. The van der Waals surface area contributed by atoms with Crippen LogP contribution >= 0.6 is 0 Å². The maximum atomic E-state index is 11.1. The first-order valence-electron chi connectivity index (χ1n) is 5.28. The van der Waals surface area contributed by atoms with Gasteiger partial charge in [-0.05, 0) is 37.3 Å². The monoisotopic (exact) mass is 208 g/mol. The Hall–Kier alpha value is -1.29. The number of aliphatic carboxylic acids is 1. The lowest BCUT2D eigenvalue weighted by Crippen LogP contribution is -2.22. The van der Waals surface area contributed by atoms with Crippen LogP contribution in [0.15, 0.2) is 0 Å². The van der Waals surface area contributed by atoms with Crippen LogP contribution in [0.3, 0.4) is 0 Å². The number of nitrogens with one attached hydrogen (secondary N) is 1. The average Bonchev–Trinajstić information content (AvgIpc) is 2.69. The fraction of sp³-hybridized carbons (Fsp3) is 0.545. The minimum absolute atomic E-state index is 0.167. The van der Waals surface area contributed by atoms with Crippen molar-refractivity contribution in [3.63, 3.8) is 0 Å². The molecule has 0 aromatic carbocycles. The van der Waals surface area contributed by atoms with Crippen molar-refractivity contribution < 1.29 is 9.90 Å². The highest BCUT2D eigenvalue weighted by molar-refractivity contribution is 5.77. The lowest BCUT2D eigenvalue weighted by Gasteiger charge is -2.11. The van der Waals surface area contributed by atoms with Gasteiger partial charge in [0.2, 0.25) is 0 Å². The molecule has 0 spiro atoms. The second-order valence-electron chi connectivity index (χ2n) is 4.10. The van der Waals surface area contributed by atoms with Crippen molar-refractivity contribution in [1.82, 2.24) is 4.98 Å². The Morgan fingerprint density at radius 1 is 1.60 bits per heavy atom. The maximum Gasteiger partial charge on any atom is 0.312 e. The van der Waals surface area contributed by atoms with Crippen LogP contribution in [-0.2, 0) is 17.6 Å². The molecule has 0 radical (unpaired) electrons. The molecule has 4 nitrogen and oxygen atoms in total. The van der Waals surface area contributed by atoms with E-state index in [0.717, 1.165) is 30.5 Å². The molecule has 82 valence electrons. The molecular formula is C11H16N2O2. The molecule has 0 saturated heterocycles. The second kappa shape index (κ2) is 3.70. The van der Waals surface area contributed by atoms with Crippen LogP contribution in [-0.4, -0.2) is 22.6 Å². The first-order chi connectivity index (χ1) is 7.15. The quantitative estimate of drug-likeness (QED) is 0.691. The van der Waals surface area contributed by atoms with E-state index in [1.165, 1.54) is 11.3 Å². The van der Waals surface area contributed by atoms with Crippen molar-refractivity contribution in [2.24, 2.45) is 5.73 Å². The summed E-state index contributed by atoms with van der Waals surface area (Å²) in [5.41, 5.74) is 9.84. The van der Waals surface area contributed by atoms with Gasteiger partial charge in [0.15, 0.2) is 0 Å². The predicted molar refractivity (Wildman–Crippen MR) is 57.0 cm³/mol. The van der Waals surface area contributed by atoms with Crippen molar-refractivity contribution >= 4 is 5.97 Å². The molecule has 1 aliphatic carbocycles. The summed E-state index contributed by atoms with van der Waals surface area (Å²) < 4.78 is 0. The number of carboxylic acids is 1. The lowest BCUT2D eigenvalue weighted by molar-refractivity contribution is -0.138. The van der Waals surface area contributed by atoms with Crippen molar-refractivity contribution in [2.45, 2.75) is 32.1 Å². The van der Waals surface area contributed by atoms with Gasteiger partial charge in [0.1, 0.15) is 0 Å². The van der Waals surface area contributed by atoms with E-state index in [2.05, 4.69) is 4.98 Å². The molecule has 1 aromatic rings. The van der Waals surface area contributed by atoms with E-state index >= 15 is 0 Å². The van der Waals surface area contributed by atoms with Crippen LogP contribution in [0.25, 0.3) is 0 Å². The molecule has 1 aliphatic rings. The van der Waals surface area contributed by atoms with E-state index in [4.69, 9.17) is 10.8 Å². The number of aryl methyl sites for hydroxylation is 2. The van der Waals surface area contributed by atoms with Crippen molar-refractivity contribution in [1.29, 1.82) is 0 Å². The standard InChI is InChI=1S/C11H16N2O2/c1-6-10(8(5-12)11(14)15)7-3-2-4-9(7)13-6/h8,13H,2-5,12H2,1H3,(H,14,15). The van der Waals surface area contributed by atoms with E-state index < -0.39 is 11.9 Å². The number of carbonyl (C=O) groups is 1. The number of rotatable bonds is 3. The number of fused-ring (bicyclic) bond motifs is 1. The Labute approximate surface area is 88.5 Å². The number of hydrogen-bond donors (Lipinski definition) is 3. The molecule has 4 N–H and O–H groups in total. The minimum Gasteiger partial charge on any atom is -0.481 e. The number of aromatic amines is 1. The van der Waals surface area contributed by atoms with Crippen molar-refractivity contribution in [3.05, 3.63) is 22.5 Å². The molecule has 1 heterocycles. The molecule has 0 saturated carbocycles. The first kappa shape index (κ1) is 10.2. The van der Waals surface area contributed by atoms with Gasteiger partial charge in [0.25, 0.3) is 0 Å².